The molecular formula is C11H22N2O2S. The number of amides is 1. The minimum Gasteiger partial charge on any atom is -0.377 e. The number of hydrogen-bond donors (Lipinski definition) is 2. The topological polar surface area (TPSA) is 78.3 Å². The summed E-state index contributed by atoms with van der Waals surface area (Å²) in [6.07, 6.45) is 4.38. The molecule has 1 amide bonds. The van der Waals surface area contributed by atoms with Crippen LogP contribution in [-0.4, -0.2) is 35.7 Å². The Kier molecular flexibility index (Phi) is 5.58. The van der Waals surface area contributed by atoms with Crippen LogP contribution in [0.5, 0.6) is 0 Å². The van der Waals surface area contributed by atoms with Crippen molar-refractivity contribution in [3.8, 4) is 0 Å². The van der Waals surface area contributed by atoms with Crippen LogP contribution in [0.3, 0.4) is 0 Å². The molecule has 0 radical (unpaired) electrons. The maximum Gasteiger partial charge on any atom is 0.237 e. The maximum atomic E-state index is 11.0. The van der Waals surface area contributed by atoms with Crippen molar-refractivity contribution < 1.29 is 9.53 Å². The van der Waals surface area contributed by atoms with E-state index in [2.05, 4.69) is 0 Å². The Bertz CT molecular complexity index is 228. The highest BCUT2D eigenvalue weighted by Gasteiger charge is 2.24. The molecule has 0 aliphatic carbocycles. The van der Waals surface area contributed by atoms with Gasteiger partial charge in [0.1, 0.15) is 0 Å². The van der Waals surface area contributed by atoms with Gasteiger partial charge < -0.3 is 16.2 Å². The largest absolute Gasteiger partial charge is 0.377 e. The van der Waals surface area contributed by atoms with Crippen LogP contribution in [0.15, 0.2) is 0 Å². The zero-order chi connectivity index (χ0) is 12.0. The maximum absolute atomic E-state index is 11.0. The average molecular weight is 246 g/mol. The molecule has 0 spiro atoms. The second-order valence-electron chi connectivity index (χ2n) is 4.60. The highest BCUT2D eigenvalue weighted by Crippen LogP contribution is 2.19. The predicted octanol–water partition coefficient (Wildman–Crippen LogP) is 0.881. The van der Waals surface area contributed by atoms with Crippen LogP contribution in [0.25, 0.3) is 0 Å². The second kappa shape index (κ2) is 6.47. The smallest absolute Gasteiger partial charge is 0.237 e. The summed E-state index contributed by atoms with van der Waals surface area (Å²) in [5.74, 6) is 1.65. The Morgan fingerprint density at radius 1 is 1.62 bits per heavy atom. The molecule has 4 N–H and O–H groups in total. The van der Waals surface area contributed by atoms with Crippen LogP contribution in [0.1, 0.15) is 32.6 Å². The third kappa shape index (κ3) is 4.72. The van der Waals surface area contributed by atoms with Gasteiger partial charge in [-0.25, -0.2) is 0 Å². The molecule has 2 unspecified atom stereocenters. The van der Waals surface area contributed by atoms with Crippen molar-refractivity contribution in [2.45, 2.75) is 44.2 Å². The van der Waals surface area contributed by atoms with E-state index >= 15 is 0 Å². The fourth-order valence-electron chi connectivity index (χ4n) is 1.66. The van der Waals surface area contributed by atoms with Crippen molar-refractivity contribution in [2.75, 3.05) is 18.1 Å². The number of primary amides is 1. The molecule has 2 atom stereocenters. The third-order valence-corrected chi connectivity index (χ3v) is 4.06. The van der Waals surface area contributed by atoms with E-state index in [1.54, 1.807) is 6.92 Å². The zero-order valence-corrected chi connectivity index (χ0v) is 10.7. The molecule has 16 heavy (non-hydrogen) atoms. The van der Waals surface area contributed by atoms with Crippen LogP contribution in [0.4, 0.5) is 0 Å². The van der Waals surface area contributed by atoms with Crippen molar-refractivity contribution in [1.29, 1.82) is 0 Å². The fourth-order valence-corrected chi connectivity index (χ4v) is 2.70. The van der Waals surface area contributed by atoms with Crippen molar-refractivity contribution in [3.63, 3.8) is 0 Å². The number of nitrogens with two attached hydrogens (primary N) is 2. The molecular weight excluding hydrogens is 224 g/mol. The molecule has 0 bridgehead atoms. The number of carbonyl (C=O) groups is 1. The number of rotatable bonds is 7. The minimum atomic E-state index is -0.857. The Balaban J connectivity index is 2.01. The minimum absolute atomic E-state index is 0.420. The fraction of sp³-hybridized carbons (Fsp3) is 0.909. The lowest BCUT2D eigenvalue weighted by molar-refractivity contribution is -0.122. The molecule has 1 aliphatic heterocycles. The summed E-state index contributed by atoms with van der Waals surface area (Å²) in [4.78, 5) is 11.0. The first-order valence-corrected chi connectivity index (χ1v) is 6.96. The third-order valence-electron chi connectivity index (χ3n) is 2.88. The van der Waals surface area contributed by atoms with Gasteiger partial charge in [0.2, 0.25) is 5.91 Å². The van der Waals surface area contributed by atoms with E-state index in [4.69, 9.17) is 16.2 Å². The van der Waals surface area contributed by atoms with Gasteiger partial charge in [0.15, 0.2) is 0 Å². The van der Waals surface area contributed by atoms with E-state index in [0.717, 1.165) is 24.5 Å². The highest BCUT2D eigenvalue weighted by atomic mass is 32.2. The molecule has 1 aliphatic rings. The van der Waals surface area contributed by atoms with E-state index < -0.39 is 11.4 Å². The van der Waals surface area contributed by atoms with Crippen molar-refractivity contribution in [1.82, 2.24) is 0 Å². The van der Waals surface area contributed by atoms with Crippen LogP contribution >= 0.6 is 11.8 Å². The quantitative estimate of drug-likeness (QED) is 0.654. The number of ether oxygens (including phenoxy) is 1. The lowest BCUT2D eigenvalue weighted by atomic mass is 9.97. The van der Waals surface area contributed by atoms with Crippen LogP contribution in [0, 0.1) is 0 Å². The van der Waals surface area contributed by atoms with Crippen LogP contribution in [-0.2, 0) is 9.53 Å². The first-order valence-electron chi connectivity index (χ1n) is 5.80. The van der Waals surface area contributed by atoms with Gasteiger partial charge in [-0.2, -0.15) is 11.8 Å². The molecule has 1 heterocycles. The summed E-state index contributed by atoms with van der Waals surface area (Å²) >= 11 is 1.87. The van der Waals surface area contributed by atoms with E-state index in [1.807, 2.05) is 11.8 Å². The summed E-state index contributed by atoms with van der Waals surface area (Å²) < 4.78 is 5.52. The molecule has 0 aromatic heterocycles. The Morgan fingerprint density at radius 3 is 2.94 bits per heavy atom. The standard InChI is InChI=1S/C11H22N2O2S/c1-11(13,10(12)14)5-3-7-16-8-9-4-2-6-15-9/h9H,2-8,13H2,1H3,(H2,12,14). The van der Waals surface area contributed by atoms with Gasteiger partial charge in [-0.15, -0.1) is 0 Å². The van der Waals surface area contributed by atoms with Gasteiger partial charge in [0.05, 0.1) is 11.6 Å². The summed E-state index contributed by atoms with van der Waals surface area (Å²) in [5.41, 5.74) is 10.1. The second-order valence-corrected chi connectivity index (χ2v) is 5.75. The molecule has 1 rings (SSSR count). The van der Waals surface area contributed by atoms with Gasteiger partial charge in [-0.05, 0) is 38.4 Å². The average Bonchev–Trinajstić information content (AvgIpc) is 2.69. The molecule has 5 heteroatoms. The molecule has 94 valence electrons. The van der Waals surface area contributed by atoms with Crippen molar-refractivity contribution in [2.24, 2.45) is 11.5 Å². The SMILES string of the molecule is CC(N)(CCCSCC1CCCO1)C(N)=O. The molecule has 1 fully saturated rings. The van der Waals surface area contributed by atoms with E-state index in [1.165, 1.54) is 12.8 Å². The zero-order valence-electron chi connectivity index (χ0n) is 9.91. The highest BCUT2D eigenvalue weighted by molar-refractivity contribution is 7.99. The van der Waals surface area contributed by atoms with Crippen molar-refractivity contribution >= 4 is 17.7 Å². The van der Waals surface area contributed by atoms with E-state index in [9.17, 15) is 4.79 Å². The monoisotopic (exact) mass is 246 g/mol. The van der Waals surface area contributed by atoms with Crippen molar-refractivity contribution in [3.05, 3.63) is 0 Å². The summed E-state index contributed by atoms with van der Waals surface area (Å²) in [5, 5.41) is 0. The summed E-state index contributed by atoms with van der Waals surface area (Å²) in [7, 11) is 0. The lowest BCUT2D eigenvalue weighted by Gasteiger charge is -2.20. The van der Waals surface area contributed by atoms with Gasteiger partial charge in [0, 0.05) is 12.4 Å². The first kappa shape index (κ1) is 13.8. The first-order chi connectivity index (χ1) is 7.52. The lowest BCUT2D eigenvalue weighted by Crippen LogP contribution is -2.49. The summed E-state index contributed by atoms with van der Waals surface area (Å²) in [6, 6.07) is 0. The normalized spacial score (nSPS) is 24.2. The molecule has 0 saturated carbocycles. The number of carbonyl (C=O) groups excluding carboxylic acids is 1. The van der Waals surface area contributed by atoms with Crippen LogP contribution < -0.4 is 11.5 Å². The molecule has 1 saturated heterocycles. The van der Waals surface area contributed by atoms with Gasteiger partial charge >= 0.3 is 0 Å². The number of thioether (sulfide) groups is 1. The molecule has 0 aromatic rings. The van der Waals surface area contributed by atoms with Gasteiger partial charge in [0.25, 0.3) is 0 Å². The van der Waals surface area contributed by atoms with E-state index in [0.29, 0.717) is 12.5 Å². The Morgan fingerprint density at radius 2 is 2.38 bits per heavy atom. The Hall–Kier alpha value is -0.260. The number of hydrogen-bond acceptors (Lipinski definition) is 4. The summed E-state index contributed by atoms with van der Waals surface area (Å²) in [6.45, 7) is 2.61. The van der Waals surface area contributed by atoms with Crippen LogP contribution in [0.2, 0.25) is 0 Å². The van der Waals surface area contributed by atoms with Gasteiger partial charge in [-0.1, -0.05) is 0 Å². The van der Waals surface area contributed by atoms with E-state index in [-0.39, 0.29) is 0 Å². The molecule has 4 nitrogen and oxygen atoms in total. The van der Waals surface area contributed by atoms with Gasteiger partial charge in [-0.3, -0.25) is 4.79 Å². The Labute approximate surface area is 101 Å². The predicted molar refractivity (Wildman–Crippen MR) is 67.3 cm³/mol. The molecule has 0 aromatic carbocycles.